The number of carbonyl (C=O) groups is 1. The number of carbonyl (C=O) groups excluding carboxylic acids is 1. The molecular weight excluding hydrogens is 392 g/mol. The number of piperidine rings is 1. The summed E-state index contributed by atoms with van der Waals surface area (Å²) < 4.78 is 10.8. The molecule has 1 N–H and O–H groups in total. The molecule has 2 aliphatic rings. The third kappa shape index (κ3) is 6.05. The first-order chi connectivity index (χ1) is 15.0. The number of fused-ring (bicyclic) bond motifs is 1. The fourth-order valence-electron chi connectivity index (χ4n) is 4.32. The molecule has 0 aromatic heterocycles. The Morgan fingerprint density at radius 1 is 1.10 bits per heavy atom. The second kappa shape index (κ2) is 11.3. The zero-order valence-corrected chi connectivity index (χ0v) is 19.6. The van der Waals surface area contributed by atoms with Gasteiger partial charge < -0.3 is 24.6 Å². The number of likely N-dealkylation sites (tertiary alicyclic amines) is 1. The van der Waals surface area contributed by atoms with Crippen molar-refractivity contribution in [3.05, 3.63) is 23.3 Å². The minimum Gasteiger partial charge on any atom is -0.493 e. The van der Waals surface area contributed by atoms with Gasteiger partial charge in [-0.3, -0.25) is 9.79 Å². The summed E-state index contributed by atoms with van der Waals surface area (Å²) in [5.74, 6) is 3.46. The summed E-state index contributed by atoms with van der Waals surface area (Å²) in [6, 6.07) is 4.04. The van der Waals surface area contributed by atoms with Crippen LogP contribution in [0.25, 0.3) is 0 Å². The van der Waals surface area contributed by atoms with E-state index in [0.29, 0.717) is 25.3 Å². The lowest BCUT2D eigenvalue weighted by molar-refractivity contribution is -0.132. The van der Waals surface area contributed by atoms with Crippen LogP contribution >= 0.6 is 0 Å². The summed E-state index contributed by atoms with van der Waals surface area (Å²) in [4.78, 5) is 21.9. The quantitative estimate of drug-likeness (QED) is 0.409. The van der Waals surface area contributed by atoms with Crippen LogP contribution in [0.3, 0.4) is 0 Å². The number of nitrogens with zero attached hydrogens (tertiary/aromatic N) is 3. The van der Waals surface area contributed by atoms with Gasteiger partial charge in [0.15, 0.2) is 17.5 Å². The smallest absolute Gasteiger partial charge is 0.222 e. The molecule has 0 saturated carbocycles. The fourth-order valence-corrected chi connectivity index (χ4v) is 4.32. The largest absolute Gasteiger partial charge is 0.493 e. The summed E-state index contributed by atoms with van der Waals surface area (Å²) in [5, 5.41) is 3.41. The third-order valence-corrected chi connectivity index (χ3v) is 6.30. The number of benzene rings is 1. The number of hydrogen-bond donors (Lipinski definition) is 1. The van der Waals surface area contributed by atoms with Crippen molar-refractivity contribution in [1.82, 2.24) is 15.1 Å². The lowest BCUT2D eigenvalue weighted by atomic mass is 9.98. The van der Waals surface area contributed by atoms with Crippen LogP contribution < -0.4 is 14.8 Å². The molecule has 0 spiro atoms. The molecule has 1 fully saturated rings. The van der Waals surface area contributed by atoms with Gasteiger partial charge in [-0.25, -0.2) is 0 Å². The van der Waals surface area contributed by atoms with Crippen LogP contribution in [0.5, 0.6) is 11.5 Å². The van der Waals surface area contributed by atoms with Gasteiger partial charge in [-0.2, -0.15) is 0 Å². The number of methoxy groups -OCH3 is 2. The van der Waals surface area contributed by atoms with Crippen molar-refractivity contribution in [2.45, 2.75) is 52.5 Å². The van der Waals surface area contributed by atoms with Gasteiger partial charge >= 0.3 is 0 Å². The molecule has 1 saturated heterocycles. The lowest BCUT2D eigenvalue weighted by Gasteiger charge is -2.33. The molecule has 1 amide bonds. The Morgan fingerprint density at radius 2 is 1.77 bits per heavy atom. The average molecular weight is 431 g/mol. The Morgan fingerprint density at radius 3 is 2.42 bits per heavy atom. The van der Waals surface area contributed by atoms with E-state index < -0.39 is 0 Å². The fraction of sp³-hybridized carbons (Fsp3) is 0.667. The Bertz CT molecular complexity index is 772. The first-order valence-electron chi connectivity index (χ1n) is 11.6. The monoisotopic (exact) mass is 430 g/mol. The SMILES string of the molecule is CCNC(=NCCCC(=O)N1CCc2cc(OC)c(OC)cc2C1)N1CCC(C)CC1. The minimum atomic E-state index is 0.201. The van der Waals surface area contributed by atoms with Crippen molar-refractivity contribution < 1.29 is 14.3 Å². The first-order valence-corrected chi connectivity index (χ1v) is 11.6. The zero-order chi connectivity index (χ0) is 22.2. The molecule has 7 nitrogen and oxygen atoms in total. The molecule has 31 heavy (non-hydrogen) atoms. The van der Waals surface area contributed by atoms with Gasteiger partial charge in [0.25, 0.3) is 0 Å². The molecule has 0 radical (unpaired) electrons. The van der Waals surface area contributed by atoms with E-state index >= 15 is 0 Å². The van der Waals surface area contributed by atoms with Gasteiger partial charge in [-0.15, -0.1) is 0 Å². The van der Waals surface area contributed by atoms with E-state index in [4.69, 9.17) is 14.5 Å². The third-order valence-electron chi connectivity index (χ3n) is 6.30. The van der Waals surface area contributed by atoms with Crippen LogP contribution in [0.2, 0.25) is 0 Å². The summed E-state index contributed by atoms with van der Waals surface area (Å²) in [6.07, 6.45) is 4.58. The second-order valence-electron chi connectivity index (χ2n) is 8.55. The maximum absolute atomic E-state index is 12.8. The van der Waals surface area contributed by atoms with Crippen LogP contribution in [-0.4, -0.2) is 68.6 Å². The molecule has 0 bridgehead atoms. The number of nitrogens with one attached hydrogen (secondary N) is 1. The topological polar surface area (TPSA) is 66.4 Å². The standard InChI is InChI=1S/C24H38N4O3/c1-5-25-24(27-12-8-18(2)9-13-27)26-11-6-7-23(29)28-14-10-19-15-21(30-3)22(31-4)16-20(19)17-28/h15-16,18H,5-14,17H2,1-4H3,(H,25,26). The van der Waals surface area contributed by atoms with Gasteiger partial charge in [-0.05, 0) is 61.8 Å². The normalized spacial score (nSPS) is 17.4. The van der Waals surface area contributed by atoms with Gasteiger partial charge in [0.05, 0.1) is 14.2 Å². The van der Waals surface area contributed by atoms with Gasteiger partial charge in [-0.1, -0.05) is 6.92 Å². The van der Waals surface area contributed by atoms with E-state index in [2.05, 4.69) is 24.1 Å². The predicted octanol–water partition coefficient (Wildman–Crippen LogP) is 3.07. The Balaban J connectivity index is 1.51. The minimum absolute atomic E-state index is 0.201. The van der Waals surface area contributed by atoms with E-state index in [9.17, 15) is 4.79 Å². The molecule has 2 aliphatic heterocycles. The number of guanidine groups is 1. The van der Waals surface area contributed by atoms with E-state index in [1.807, 2.05) is 17.0 Å². The molecule has 7 heteroatoms. The highest BCUT2D eigenvalue weighted by atomic mass is 16.5. The highest BCUT2D eigenvalue weighted by Gasteiger charge is 2.23. The van der Waals surface area contributed by atoms with Crippen LogP contribution in [0.15, 0.2) is 17.1 Å². The molecule has 172 valence electrons. The molecule has 3 rings (SSSR count). The van der Waals surface area contributed by atoms with Gasteiger partial charge in [0.1, 0.15) is 0 Å². The molecule has 0 aliphatic carbocycles. The molecule has 2 heterocycles. The maximum atomic E-state index is 12.8. The summed E-state index contributed by atoms with van der Waals surface area (Å²) in [6.45, 7) is 9.47. The zero-order valence-electron chi connectivity index (χ0n) is 19.6. The number of rotatable bonds is 7. The van der Waals surface area contributed by atoms with E-state index in [0.717, 1.165) is 62.2 Å². The van der Waals surface area contributed by atoms with Crippen LogP contribution in [0, 0.1) is 5.92 Å². The molecule has 1 aromatic carbocycles. The van der Waals surface area contributed by atoms with E-state index in [-0.39, 0.29) is 5.91 Å². The van der Waals surface area contributed by atoms with E-state index in [1.165, 1.54) is 18.4 Å². The molecular formula is C24H38N4O3. The van der Waals surface area contributed by atoms with Crippen molar-refractivity contribution in [1.29, 1.82) is 0 Å². The second-order valence-corrected chi connectivity index (χ2v) is 8.55. The predicted molar refractivity (Wildman–Crippen MR) is 124 cm³/mol. The first kappa shape index (κ1) is 23.2. The summed E-state index contributed by atoms with van der Waals surface area (Å²) in [7, 11) is 3.29. The lowest BCUT2D eigenvalue weighted by Crippen LogP contribution is -2.45. The molecule has 1 aromatic rings. The van der Waals surface area contributed by atoms with Gasteiger partial charge in [0.2, 0.25) is 5.91 Å². The summed E-state index contributed by atoms with van der Waals surface area (Å²) >= 11 is 0. The number of ether oxygens (including phenoxy) is 2. The van der Waals surface area contributed by atoms with Crippen LogP contribution in [0.4, 0.5) is 0 Å². The van der Waals surface area contributed by atoms with Gasteiger partial charge in [0, 0.05) is 45.7 Å². The average Bonchev–Trinajstić information content (AvgIpc) is 2.80. The van der Waals surface area contributed by atoms with Crippen LogP contribution in [-0.2, 0) is 17.8 Å². The highest BCUT2D eigenvalue weighted by Crippen LogP contribution is 2.33. The van der Waals surface area contributed by atoms with E-state index in [1.54, 1.807) is 14.2 Å². The number of aliphatic imine (C=N–C) groups is 1. The van der Waals surface area contributed by atoms with Crippen LogP contribution in [0.1, 0.15) is 50.7 Å². The Hall–Kier alpha value is -2.44. The van der Waals surface area contributed by atoms with Crippen molar-refractivity contribution in [2.75, 3.05) is 46.9 Å². The molecule has 0 unspecified atom stereocenters. The highest BCUT2D eigenvalue weighted by molar-refractivity contribution is 5.80. The van der Waals surface area contributed by atoms with Crippen molar-refractivity contribution >= 4 is 11.9 Å². The van der Waals surface area contributed by atoms with Crippen molar-refractivity contribution in [3.63, 3.8) is 0 Å². The number of hydrogen-bond acceptors (Lipinski definition) is 4. The Labute approximate surface area is 186 Å². The summed E-state index contributed by atoms with van der Waals surface area (Å²) in [5.41, 5.74) is 2.38. The van der Waals surface area contributed by atoms with Crippen molar-refractivity contribution in [2.24, 2.45) is 10.9 Å². The Kier molecular flexibility index (Phi) is 8.43. The number of amides is 1. The molecule has 0 atom stereocenters. The maximum Gasteiger partial charge on any atom is 0.222 e. The van der Waals surface area contributed by atoms with Crippen molar-refractivity contribution in [3.8, 4) is 11.5 Å².